The van der Waals surface area contributed by atoms with E-state index in [0.717, 1.165) is 8.95 Å². The highest BCUT2D eigenvalue weighted by molar-refractivity contribution is 9.10. The van der Waals surface area contributed by atoms with Gasteiger partial charge in [0.25, 0.3) is 0 Å². The van der Waals surface area contributed by atoms with E-state index in [-0.39, 0.29) is 0 Å². The smallest absolute Gasteiger partial charge is 0.0175 e. The highest BCUT2D eigenvalue weighted by Crippen LogP contribution is 2.32. The number of hydrogen-bond acceptors (Lipinski definition) is 0. The average molecular weight is 418 g/mol. The summed E-state index contributed by atoms with van der Waals surface area (Å²) in [7, 11) is 0. The van der Waals surface area contributed by atoms with Gasteiger partial charge < -0.3 is 0 Å². The van der Waals surface area contributed by atoms with Crippen LogP contribution < -0.4 is 0 Å². The molecule has 0 aliphatic heterocycles. The lowest BCUT2D eigenvalue weighted by atomic mass is 9.87. The number of allylic oxidation sites excluding steroid dienone is 2. The second-order valence-electron chi connectivity index (χ2n) is 5.65. The molecule has 2 aromatic carbocycles. The van der Waals surface area contributed by atoms with Crippen molar-refractivity contribution in [3.63, 3.8) is 0 Å². The van der Waals surface area contributed by atoms with Crippen molar-refractivity contribution >= 4 is 44.0 Å². The van der Waals surface area contributed by atoms with Crippen molar-refractivity contribution in [2.24, 2.45) is 0 Å². The standard InChI is InChI=1S/C20H18Br2/c21-19-9-5-15(6-10-19)13-17-3-1-2-4-18(17)14-16-7-11-20(22)12-8-16/h5-14H,1-4H2. The quantitative estimate of drug-likeness (QED) is 0.482. The molecular weight excluding hydrogens is 400 g/mol. The molecule has 1 aliphatic rings. The Hall–Kier alpha value is -1.12. The van der Waals surface area contributed by atoms with Crippen molar-refractivity contribution < 1.29 is 0 Å². The molecule has 22 heavy (non-hydrogen) atoms. The minimum absolute atomic E-state index is 1.13. The van der Waals surface area contributed by atoms with Crippen LogP contribution in [0.1, 0.15) is 36.8 Å². The fraction of sp³-hybridized carbons (Fsp3) is 0.200. The first-order valence-corrected chi connectivity index (χ1v) is 9.22. The summed E-state index contributed by atoms with van der Waals surface area (Å²) in [5.41, 5.74) is 5.52. The first kappa shape index (κ1) is 15.8. The fourth-order valence-electron chi connectivity index (χ4n) is 2.80. The highest BCUT2D eigenvalue weighted by atomic mass is 79.9. The molecular formula is C20H18Br2. The van der Waals surface area contributed by atoms with Crippen LogP contribution in [-0.2, 0) is 0 Å². The van der Waals surface area contributed by atoms with E-state index in [1.165, 1.54) is 48.0 Å². The predicted molar refractivity (Wildman–Crippen MR) is 103 cm³/mol. The Bertz CT molecular complexity index is 628. The van der Waals surface area contributed by atoms with E-state index in [9.17, 15) is 0 Å². The van der Waals surface area contributed by atoms with Crippen LogP contribution in [0.2, 0.25) is 0 Å². The van der Waals surface area contributed by atoms with Crippen LogP contribution in [0.25, 0.3) is 12.2 Å². The Kier molecular flexibility index (Phi) is 5.32. The molecule has 0 atom stereocenters. The zero-order valence-corrected chi connectivity index (χ0v) is 15.5. The Morgan fingerprint density at radius 2 is 0.955 bits per heavy atom. The summed E-state index contributed by atoms with van der Waals surface area (Å²) in [6, 6.07) is 17.1. The first-order chi connectivity index (χ1) is 10.7. The van der Waals surface area contributed by atoms with Gasteiger partial charge in [0.1, 0.15) is 0 Å². The van der Waals surface area contributed by atoms with Gasteiger partial charge in [-0.05, 0) is 72.2 Å². The van der Waals surface area contributed by atoms with Gasteiger partial charge in [0.2, 0.25) is 0 Å². The average Bonchev–Trinajstić information content (AvgIpc) is 2.54. The van der Waals surface area contributed by atoms with Crippen LogP contribution in [0, 0.1) is 0 Å². The molecule has 0 nitrogen and oxygen atoms in total. The van der Waals surface area contributed by atoms with E-state index in [2.05, 4.69) is 92.5 Å². The Morgan fingerprint density at radius 1 is 0.591 bits per heavy atom. The van der Waals surface area contributed by atoms with E-state index in [1.54, 1.807) is 0 Å². The third-order valence-corrected chi connectivity index (χ3v) is 5.03. The Morgan fingerprint density at radius 3 is 1.32 bits per heavy atom. The van der Waals surface area contributed by atoms with E-state index < -0.39 is 0 Å². The van der Waals surface area contributed by atoms with E-state index >= 15 is 0 Å². The Balaban J connectivity index is 1.90. The number of halogens is 2. The summed E-state index contributed by atoms with van der Waals surface area (Å²) in [6.45, 7) is 0. The molecule has 0 heterocycles. The van der Waals surface area contributed by atoms with Crippen LogP contribution >= 0.6 is 31.9 Å². The second kappa shape index (κ2) is 7.43. The topological polar surface area (TPSA) is 0 Å². The molecule has 0 N–H and O–H groups in total. The van der Waals surface area contributed by atoms with Gasteiger partial charge in [-0.2, -0.15) is 0 Å². The van der Waals surface area contributed by atoms with Gasteiger partial charge in [-0.25, -0.2) is 0 Å². The normalized spacial score (nSPS) is 18.8. The number of hydrogen-bond donors (Lipinski definition) is 0. The number of benzene rings is 2. The van der Waals surface area contributed by atoms with Crippen molar-refractivity contribution in [2.45, 2.75) is 25.7 Å². The lowest BCUT2D eigenvalue weighted by Crippen LogP contribution is -1.98. The van der Waals surface area contributed by atoms with Crippen molar-refractivity contribution in [2.75, 3.05) is 0 Å². The van der Waals surface area contributed by atoms with E-state index in [1.807, 2.05) is 0 Å². The molecule has 1 aliphatic carbocycles. The van der Waals surface area contributed by atoms with Gasteiger partial charge in [-0.1, -0.05) is 68.3 Å². The fourth-order valence-corrected chi connectivity index (χ4v) is 3.33. The van der Waals surface area contributed by atoms with Gasteiger partial charge in [0, 0.05) is 8.95 Å². The molecule has 0 radical (unpaired) electrons. The van der Waals surface area contributed by atoms with Crippen LogP contribution in [0.3, 0.4) is 0 Å². The third-order valence-electron chi connectivity index (χ3n) is 3.98. The molecule has 0 aromatic heterocycles. The summed E-state index contributed by atoms with van der Waals surface area (Å²) >= 11 is 6.99. The molecule has 1 fully saturated rings. The van der Waals surface area contributed by atoms with Crippen LogP contribution in [0.5, 0.6) is 0 Å². The highest BCUT2D eigenvalue weighted by Gasteiger charge is 2.11. The summed E-state index contributed by atoms with van der Waals surface area (Å²) in [4.78, 5) is 0. The van der Waals surface area contributed by atoms with Crippen molar-refractivity contribution in [3.05, 3.63) is 79.7 Å². The largest absolute Gasteiger partial charge is 0.0539 e. The molecule has 2 aromatic rings. The monoisotopic (exact) mass is 416 g/mol. The van der Waals surface area contributed by atoms with Gasteiger partial charge in [-0.3, -0.25) is 0 Å². The van der Waals surface area contributed by atoms with Crippen LogP contribution in [-0.4, -0.2) is 0 Å². The lowest BCUT2D eigenvalue weighted by molar-refractivity contribution is 0.685. The molecule has 3 rings (SSSR count). The minimum atomic E-state index is 1.13. The first-order valence-electron chi connectivity index (χ1n) is 7.63. The molecule has 0 spiro atoms. The van der Waals surface area contributed by atoms with Gasteiger partial charge in [-0.15, -0.1) is 0 Å². The number of rotatable bonds is 2. The molecule has 0 saturated heterocycles. The summed E-state index contributed by atoms with van der Waals surface area (Å²) < 4.78 is 2.26. The zero-order valence-electron chi connectivity index (χ0n) is 12.4. The maximum absolute atomic E-state index is 3.50. The van der Waals surface area contributed by atoms with Crippen molar-refractivity contribution in [1.29, 1.82) is 0 Å². The predicted octanol–water partition coefficient (Wildman–Crippen LogP) is 7.25. The molecule has 0 amide bonds. The Labute approximate surface area is 149 Å². The summed E-state index contributed by atoms with van der Waals surface area (Å²) in [5, 5.41) is 0. The van der Waals surface area contributed by atoms with Crippen LogP contribution in [0.15, 0.2) is 68.6 Å². The van der Waals surface area contributed by atoms with Gasteiger partial charge in [0.15, 0.2) is 0 Å². The molecule has 0 unspecified atom stereocenters. The maximum atomic E-state index is 3.50. The van der Waals surface area contributed by atoms with Crippen molar-refractivity contribution in [3.8, 4) is 0 Å². The van der Waals surface area contributed by atoms with Gasteiger partial charge in [0.05, 0.1) is 0 Å². The second-order valence-corrected chi connectivity index (χ2v) is 7.48. The van der Waals surface area contributed by atoms with E-state index in [0.29, 0.717) is 0 Å². The van der Waals surface area contributed by atoms with Crippen molar-refractivity contribution in [1.82, 2.24) is 0 Å². The zero-order chi connectivity index (χ0) is 15.4. The lowest BCUT2D eigenvalue weighted by Gasteiger charge is -2.18. The SMILES string of the molecule is Brc1ccc(C=C2CCCCC2=Cc2ccc(Br)cc2)cc1. The summed E-state index contributed by atoms with van der Waals surface area (Å²) in [5.74, 6) is 0. The molecule has 2 heteroatoms. The van der Waals surface area contributed by atoms with Gasteiger partial charge >= 0.3 is 0 Å². The third kappa shape index (κ3) is 4.21. The molecule has 1 saturated carbocycles. The van der Waals surface area contributed by atoms with E-state index in [4.69, 9.17) is 0 Å². The molecule has 112 valence electrons. The minimum Gasteiger partial charge on any atom is -0.0539 e. The maximum Gasteiger partial charge on any atom is 0.0175 e. The summed E-state index contributed by atoms with van der Waals surface area (Å²) in [6.07, 6.45) is 9.63. The van der Waals surface area contributed by atoms with Crippen LogP contribution in [0.4, 0.5) is 0 Å². The molecule has 0 bridgehead atoms.